The Balaban J connectivity index is 1.93. The summed E-state index contributed by atoms with van der Waals surface area (Å²) >= 11 is 0. The average Bonchev–Trinajstić information content (AvgIpc) is 2.87. The molecule has 7 heteroatoms. The van der Waals surface area contributed by atoms with Gasteiger partial charge < -0.3 is 24.6 Å². The van der Waals surface area contributed by atoms with Crippen LogP contribution in [0.5, 0.6) is 5.75 Å². The Morgan fingerprint density at radius 2 is 1.92 bits per heavy atom. The molecular weight excluding hydrogens is 322 g/mol. The summed E-state index contributed by atoms with van der Waals surface area (Å²) in [6.07, 6.45) is 1.42. The number of anilines is 1. The van der Waals surface area contributed by atoms with E-state index in [0.717, 1.165) is 18.6 Å². The fraction of sp³-hybridized carbons (Fsp3) is 0.556. The molecule has 1 aliphatic rings. The van der Waals surface area contributed by atoms with Crippen LogP contribution < -0.4 is 10.1 Å². The first-order valence-corrected chi connectivity index (χ1v) is 8.69. The molecule has 2 rings (SSSR count). The summed E-state index contributed by atoms with van der Waals surface area (Å²) in [6.45, 7) is 6.21. The topological polar surface area (TPSA) is 71.1 Å². The molecule has 1 aromatic carbocycles. The molecule has 25 heavy (non-hydrogen) atoms. The van der Waals surface area contributed by atoms with Crippen molar-refractivity contribution in [3.05, 3.63) is 24.3 Å². The number of benzene rings is 1. The highest BCUT2D eigenvalue weighted by Gasteiger charge is 2.22. The van der Waals surface area contributed by atoms with Crippen molar-refractivity contribution in [1.29, 1.82) is 0 Å². The van der Waals surface area contributed by atoms with Crippen LogP contribution in [0.15, 0.2) is 24.3 Å². The third-order valence-electron chi connectivity index (χ3n) is 4.21. The van der Waals surface area contributed by atoms with Crippen molar-refractivity contribution < 1.29 is 19.1 Å². The van der Waals surface area contributed by atoms with Crippen LogP contribution in [0.1, 0.15) is 26.7 Å². The number of nitrogens with one attached hydrogen (secondary N) is 1. The molecule has 1 N–H and O–H groups in total. The summed E-state index contributed by atoms with van der Waals surface area (Å²) in [5, 5.41) is 2.90. The molecule has 0 aromatic heterocycles. The Labute approximate surface area is 148 Å². The molecule has 1 atom stereocenters. The minimum atomic E-state index is -0.350. The van der Waals surface area contributed by atoms with Crippen LogP contribution in [0, 0.1) is 0 Å². The summed E-state index contributed by atoms with van der Waals surface area (Å²) in [7, 11) is 1.37. The Kier molecular flexibility index (Phi) is 6.91. The molecular formula is C18H27N3O4. The van der Waals surface area contributed by atoms with E-state index in [-0.39, 0.29) is 18.2 Å². The van der Waals surface area contributed by atoms with Crippen LogP contribution in [-0.2, 0) is 4.74 Å². The van der Waals surface area contributed by atoms with Gasteiger partial charge in [-0.05, 0) is 31.9 Å². The molecule has 0 saturated carbocycles. The predicted molar refractivity (Wildman–Crippen MR) is 96.0 cm³/mol. The number of rotatable bonds is 4. The quantitative estimate of drug-likeness (QED) is 0.906. The molecule has 138 valence electrons. The van der Waals surface area contributed by atoms with Crippen molar-refractivity contribution in [2.75, 3.05) is 38.6 Å². The number of urea groups is 1. The fourth-order valence-corrected chi connectivity index (χ4v) is 2.60. The zero-order chi connectivity index (χ0) is 18.2. The monoisotopic (exact) mass is 349 g/mol. The number of carbonyl (C=O) groups is 2. The third kappa shape index (κ3) is 5.55. The first-order valence-electron chi connectivity index (χ1n) is 8.69. The molecule has 0 radical (unpaired) electrons. The molecule has 1 fully saturated rings. The van der Waals surface area contributed by atoms with E-state index < -0.39 is 0 Å². The number of ether oxygens (including phenoxy) is 2. The van der Waals surface area contributed by atoms with E-state index >= 15 is 0 Å². The van der Waals surface area contributed by atoms with E-state index in [2.05, 4.69) is 12.2 Å². The molecule has 0 aliphatic carbocycles. The first-order chi connectivity index (χ1) is 12.0. The van der Waals surface area contributed by atoms with E-state index in [9.17, 15) is 9.59 Å². The maximum atomic E-state index is 12.5. The van der Waals surface area contributed by atoms with Gasteiger partial charge in [0.05, 0.1) is 13.2 Å². The van der Waals surface area contributed by atoms with Gasteiger partial charge in [-0.1, -0.05) is 13.0 Å². The van der Waals surface area contributed by atoms with E-state index in [4.69, 9.17) is 9.47 Å². The van der Waals surface area contributed by atoms with E-state index in [1.54, 1.807) is 9.80 Å². The van der Waals surface area contributed by atoms with Crippen LogP contribution in [0.25, 0.3) is 0 Å². The molecule has 1 heterocycles. The normalized spacial score (nSPS) is 16.0. The maximum absolute atomic E-state index is 12.5. The second-order valence-corrected chi connectivity index (χ2v) is 6.09. The molecule has 0 spiro atoms. The lowest BCUT2D eigenvalue weighted by molar-refractivity contribution is 0.125. The number of methoxy groups -OCH3 is 1. The first kappa shape index (κ1) is 18.9. The number of hydrogen-bond acceptors (Lipinski definition) is 4. The molecule has 1 aliphatic heterocycles. The second kappa shape index (κ2) is 9.15. The average molecular weight is 349 g/mol. The SMILES string of the molecule is CCC(C)Oc1cccc(NC(=O)N2CCCN(C(=O)OC)CC2)c1. The largest absolute Gasteiger partial charge is 0.491 e. The molecule has 0 bridgehead atoms. The fourth-order valence-electron chi connectivity index (χ4n) is 2.60. The zero-order valence-corrected chi connectivity index (χ0v) is 15.2. The van der Waals surface area contributed by atoms with Crippen LogP contribution in [0.3, 0.4) is 0 Å². The van der Waals surface area contributed by atoms with Gasteiger partial charge in [0.2, 0.25) is 0 Å². The van der Waals surface area contributed by atoms with Gasteiger partial charge >= 0.3 is 12.1 Å². The highest BCUT2D eigenvalue weighted by molar-refractivity contribution is 5.89. The number of hydrogen-bond donors (Lipinski definition) is 1. The highest BCUT2D eigenvalue weighted by Crippen LogP contribution is 2.20. The Hall–Kier alpha value is -2.44. The summed E-state index contributed by atoms with van der Waals surface area (Å²) < 4.78 is 10.5. The highest BCUT2D eigenvalue weighted by atomic mass is 16.5. The van der Waals surface area contributed by atoms with Gasteiger partial charge in [0, 0.05) is 37.9 Å². The van der Waals surface area contributed by atoms with Crippen LogP contribution in [0.4, 0.5) is 15.3 Å². The van der Waals surface area contributed by atoms with E-state index in [1.807, 2.05) is 31.2 Å². The number of amides is 3. The van der Waals surface area contributed by atoms with Crippen molar-refractivity contribution in [1.82, 2.24) is 9.80 Å². The maximum Gasteiger partial charge on any atom is 0.409 e. The lowest BCUT2D eigenvalue weighted by Gasteiger charge is -2.22. The van der Waals surface area contributed by atoms with Crippen molar-refractivity contribution in [2.24, 2.45) is 0 Å². The van der Waals surface area contributed by atoms with Gasteiger partial charge in [0.1, 0.15) is 5.75 Å². The predicted octanol–water partition coefficient (Wildman–Crippen LogP) is 3.17. The molecule has 7 nitrogen and oxygen atoms in total. The third-order valence-corrected chi connectivity index (χ3v) is 4.21. The summed E-state index contributed by atoms with van der Waals surface area (Å²) in [5.74, 6) is 0.736. The zero-order valence-electron chi connectivity index (χ0n) is 15.2. The Morgan fingerprint density at radius 3 is 2.64 bits per heavy atom. The minimum absolute atomic E-state index is 0.126. The number of carbonyl (C=O) groups excluding carboxylic acids is 2. The molecule has 1 unspecified atom stereocenters. The molecule has 1 aromatic rings. The van der Waals surface area contributed by atoms with Gasteiger partial charge in [-0.25, -0.2) is 9.59 Å². The van der Waals surface area contributed by atoms with Crippen molar-refractivity contribution in [3.8, 4) is 5.75 Å². The smallest absolute Gasteiger partial charge is 0.409 e. The van der Waals surface area contributed by atoms with E-state index in [0.29, 0.717) is 31.9 Å². The van der Waals surface area contributed by atoms with Gasteiger partial charge in [-0.2, -0.15) is 0 Å². The Morgan fingerprint density at radius 1 is 1.20 bits per heavy atom. The van der Waals surface area contributed by atoms with Crippen LogP contribution in [0.2, 0.25) is 0 Å². The second-order valence-electron chi connectivity index (χ2n) is 6.09. The lowest BCUT2D eigenvalue weighted by Crippen LogP contribution is -2.39. The van der Waals surface area contributed by atoms with Gasteiger partial charge in [-0.3, -0.25) is 0 Å². The van der Waals surface area contributed by atoms with Crippen molar-refractivity contribution in [3.63, 3.8) is 0 Å². The molecule has 3 amide bonds. The lowest BCUT2D eigenvalue weighted by atomic mass is 10.2. The summed E-state index contributed by atoms with van der Waals surface area (Å²) in [6, 6.07) is 7.21. The Bertz CT molecular complexity index is 593. The van der Waals surface area contributed by atoms with Gasteiger partial charge in [-0.15, -0.1) is 0 Å². The van der Waals surface area contributed by atoms with E-state index in [1.165, 1.54) is 7.11 Å². The van der Waals surface area contributed by atoms with Gasteiger partial charge in [0.15, 0.2) is 0 Å². The van der Waals surface area contributed by atoms with Crippen LogP contribution >= 0.6 is 0 Å². The number of nitrogens with zero attached hydrogens (tertiary/aromatic N) is 2. The van der Waals surface area contributed by atoms with Crippen molar-refractivity contribution >= 4 is 17.8 Å². The summed E-state index contributed by atoms with van der Waals surface area (Å²) in [4.78, 5) is 27.4. The van der Waals surface area contributed by atoms with Gasteiger partial charge in [0.25, 0.3) is 0 Å². The standard InChI is InChI=1S/C18H27N3O4/c1-4-14(2)25-16-8-5-7-15(13-16)19-17(22)20-9-6-10-21(12-11-20)18(23)24-3/h5,7-8,13-14H,4,6,9-12H2,1-3H3,(H,19,22). The van der Waals surface area contributed by atoms with Crippen LogP contribution in [-0.4, -0.2) is 61.3 Å². The summed E-state index contributed by atoms with van der Waals surface area (Å²) in [5.41, 5.74) is 0.694. The minimum Gasteiger partial charge on any atom is -0.491 e. The molecule has 1 saturated heterocycles. The van der Waals surface area contributed by atoms with Crippen molar-refractivity contribution in [2.45, 2.75) is 32.8 Å².